The third-order valence-corrected chi connectivity index (χ3v) is 10.7. The second-order valence-corrected chi connectivity index (χ2v) is 18.1. The molecule has 2 saturated heterocycles. The normalized spacial score (nSPS) is 15.8. The Morgan fingerprint density at radius 3 is 2.38 bits per heavy atom. The van der Waals surface area contributed by atoms with Gasteiger partial charge in [0.2, 0.25) is 5.95 Å². The fourth-order valence-corrected chi connectivity index (χ4v) is 7.59. The molecule has 278 valence electrons. The van der Waals surface area contributed by atoms with Crippen molar-refractivity contribution in [1.82, 2.24) is 19.8 Å². The summed E-state index contributed by atoms with van der Waals surface area (Å²) in [5, 5.41) is 10.5. The molecular formula is C38H50ClN8O4P. The van der Waals surface area contributed by atoms with Gasteiger partial charge in [-0.05, 0) is 89.6 Å². The summed E-state index contributed by atoms with van der Waals surface area (Å²) < 4.78 is 18.5. The van der Waals surface area contributed by atoms with E-state index in [9.17, 15) is 14.2 Å². The van der Waals surface area contributed by atoms with Gasteiger partial charge in [0.25, 0.3) is 5.91 Å². The van der Waals surface area contributed by atoms with E-state index in [-0.39, 0.29) is 12.0 Å². The van der Waals surface area contributed by atoms with E-state index in [2.05, 4.69) is 47.6 Å². The second-order valence-electron chi connectivity index (χ2n) is 14.5. The fourth-order valence-electron chi connectivity index (χ4n) is 6.30. The monoisotopic (exact) mass is 748 g/mol. The van der Waals surface area contributed by atoms with Gasteiger partial charge in [0.1, 0.15) is 17.8 Å². The lowest BCUT2D eigenvalue weighted by Crippen LogP contribution is -2.55. The summed E-state index contributed by atoms with van der Waals surface area (Å²) in [5.41, 5.74) is 2.36. The highest BCUT2D eigenvalue weighted by atomic mass is 35.5. The number of piperazine rings is 1. The molecule has 2 fully saturated rings. The predicted octanol–water partition coefficient (Wildman–Crippen LogP) is 7.13. The number of rotatable bonds is 9. The number of nitrogens with zero attached hydrogens (tertiary/aromatic N) is 5. The van der Waals surface area contributed by atoms with Crippen LogP contribution < -0.4 is 26.2 Å². The first-order valence-corrected chi connectivity index (χ1v) is 20.8. The Balaban J connectivity index is 1.29. The molecule has 2 aliphatic heterocycles. The van der Waals surface area contributed by atoms with Crippen LogP contribution >= 0.6 is 18.7 Å². The Morgan fingerprint density at radius 1 is 1.00 bits per heavy atom. The molecule has 3 aromatic rings. The van der Waals surface area contributed by atoms with Crippen molar-refractivity contribution in [3.8, 4) is 11.8 Å². The number of nitrogens with one attached hydrogen (secondary N) is 3. The van der Waals surface area contributed by atoms with Gasteiger partial charge >= 0.3 is 6.09 Å². The standard InChI is InChI=1S/C38H50ClN8O4P/c1-7-8-9-14-34(48)42-31-25-27(41-36-40-26-29(39)35(44-36)43-30-12-10-11-13-33(30)52(5,6)50)15-16-32(31)46-19-17-28(18-20-46)45-21-23-47(24-22-45)37(49)51-38(2,3)4/h10-13,15-16,25-26,28H,7-8,17-24H2,1-6H3,(H,42,48)(H2,40,41,43,44). The molecule has 12 nitrogen and oxygen atoms in total. The maximum Gasteiger partial charge on any atom is 0.410 e. The van der Waals surface area contributed by atoms with Crippen LogP contribution in [-0.4, -0.2) is 96.0 Å². The summed E-state index contributed by atoms with van der Waals surface area (Å²) in [7, 11) is -2.57. The maximum atomic E-state index is 12.9. The number of unbranched alkanes of at least 4 members (excludes halogenated alkanes) is 1. The van der Waals surface area contributed by atoms with Crippen LogP contribution in [0.5, 0.6) is 0 Å². The number of carbonyl (C=O) groups is 2. The van der Waals surface area contributed by atoms with Crippen LogP contribution in [0.15, 0.2) is 48.7 Å². The Labute approximate surface area is 312 Å². The van der Waals surface area contributed by atoms with E-state index in [4.69, 9.17) is 16.3 Å². The topological polar surface area (TPSA) is 132 Å². The number of amides is 2. The smallest absolute Gasteiger partial charge is 0.410 e. The number of piperidine rings is 1. The molecule has 2 aromatic carbocycles. The van der Waals surface area contributed by atoms with Gasteiger partial charge < -0.3 is 35.1 Å². The molecule has 0 unspecified atom stereocenters. The third kappa shape index (κ3) is 10.6. The van der Waals surface area contributed by atoms with Crippen LogP contribution in [0.3, 0.4) is 0 Å². The number of para-hydroxylation sites is 1. The molecule has 5 rings (SSSR count). The molecule has 1 aromatic heterocycles. The Bertz CT molecular complexity index is 1850. The molecule has 0 saturated carbocycles. The largest absolute Gasteiger partial charge is 0.444 e. The number of halogens is 1. The van der Waals surface area contributed by atoms with Gasteiger partial charge in [-0.3, -0.25) is 9.69 Å². The number of hydrogen-bond acceptors (Lipinski definition) is 10. The summed E-state index contributed by atoms with van der Waals surface area (Å²) in [6.45, 7) is 15.7. The molecule has 3 N–H and O–H groups in total. The van der Waals surface area contributed by atoms with E-state index >= 15 is 0 Å². The van der Waals surface area contributed by atoms with Gasteiger partial charge in [0, 0.05) is 62.7 Å². The first-order chi connectivity index (χ1) is 24.7. The van der Waals surface area contributed by atoms with Gasteiger partial charge in [-0.2, -0.15) is 4.98 Å². The van der Waals surface area contributed by atoms with Crippen LogP contribution in [-0.2, 0) is 14.1 Å². The third-order valence-electron chi connectivity index (χ3n) is 8.85. The Kier molecular flexibility index (Phi) is 12.7. The van der Waals surface area contributed by atoms with Crippen molar-refractivity contribution in [2.24, 2.45) is 0 Å². The molecule has 0 atom stereocenters. The number of aromatic nitrogens is 2. The van der Waals surface area contributed by atoms with E-state index < -0.39 is 12.7 Å². The van der Waals surface area contributed by atoms with Gasteiger partial charge in [0.15, 0.2) is 5.82 Å². The zero-order valence-corrected chi connectivity index (χ0v) is 32.6. The summed E-state index contributed by atoms with van der Waals surface area (Å²) in [4.78, 5) is 41.0. The Morgan fingerprint density at radius 2 is 1.71 bits per heavy atom. The molecule has 3 heterocycles. The van der Waals surface area contributed by atoms with Crippen molar-refractivity contribution in [1.29, 1.82) is 0 Å². The van der Waals surface area contributed by atoms with Crippen LogP contribution in [0.4, 0.5) is 39.3 Å². The van der Waals surface area contributed by atoms with Crippen molar-refractivity contribution in [2.45, 2.75) is 65.0 Å². The van der Waals surface area contributed by atoms with Gasteiger partial charge in [0.05, 0.1) is 23.3 Å². The number of carbonyl (C=O) groups excluding carboxylic acids is 2. The second kappa shape index (κ2) is 17.0. The van der Waals surface area contributed by atoms with Crippen molar-refractivity contribution < 1.29 is 18.9 Å². The van der Waals surface area contributed by atoms with Crippen molar-refractivity contribution >= 4 is 70.6 Å². The highest BCUT2D eigenvalue weighted by Gasteiger charge is 2.31. The van der Waals surface area contributed by atoms with E-state index in [1.807, 2.05) is 70.2 Å². The zero-order chi connectivity index (χ0) is 37.5. The minimum absolute atomic E-state index is 0.250. The van der Waals surface area contributed by atoms with Crippen molar-refractivity contribution in [3.63, 3.8) is 0 Å². The van der Waals surface area contributed by atoms with E-state index in [0.717, 1.165) is 51.1 Å². The molecule has 0 radical (unpaired) electrons. The lowest BCUT2D eigenvalue weighted by atomic mass is 10.0. The molecule has 0 spiro atoms. The quantitative estimate of drug-likeness (QED) is 0.153. The highest BCUT2D eigenvalue weighted by Crippen LogP contribution is 2.39. The molecule has 0 bridgehead atoms. The van der Waals surface area contributed by atoms with E-state index in [1.54, 1.807) is 18.2 Å². The molecule has 0 aliphatic carbocycles. The molecule has 14 heteroatoms. The number of benzene rings is 2. The van der Waals surface area contributed by atoms with Crippen molar-refractivity contribution in [3.05, 3.63) is 53.7 Å². The Hall–Kier alpha value is -4.30. The molecule has 2 aliphatic rings. The molecular weight excluding hydrogens is 699 g/mol. The van der Waals surface area contributed by atoms with Crippen LogP contribution in [0.25, 0.3) is 0 Å². The lowest BCUT2D eigenvalue weighted by Gasteiger charge is -2.43. The summed E-state index contributed by atoms with van der Waals surface area (Å²) in [5.74, 6) is 5.92. The summed E-state index contributed by atoms with van der Waals surface area (Å²) in [6.07, 6.45) is 4.68. The van der Waals surface area contributed by atoms with Crippen LogP contribution in [0.2, 0.25) is 5.02 Å². The summed E-state index contributed by atoms with van der Waals surface area (Å²) >= 11 is 6.48. The number of hydrogen-bond donors (Lipinski definition) is 3. The first-order valence-electron chi connectivity index (χ1n) is 17.8. The van der Waals surface area contributed by atoms with Crippen LogP contribution in [0.1, 0.15) is 53.4 Å². The maximum absolute atomic E-state index is 12.9. The number of ether oxygens (including phenoxy) is 1. The molecule has 2 amide bonds. The molecule has 52 heavy (non-hydrogen) atoms. The van der Waals surface area contributed by atoms with Crippen molar-refractivity contribution in [2.75, 3.05) is 73.4 Å². The SMILES string of the molecule is CCCC#CC(=O)Nc1cc(Nc2ncc(Cl)c(Nc3ccccc3P(C)(C)=O)n2)ccc1N1CCC(N2CCN(C(=O)OC(C)(C)C)CC2)CC1. The van der Waals surface area contributed by atoms with Crippen LogP contribution in [0, 0.1) is 11.8 Å². The average Bonchev–Trinajstić information content (AvgIpc) is 3.09. The minimum Gasteiger partial charge on any atom is -0.444 e. The predicted molar refractivity (Wildman–Crippen MR) is 212 cm³/mol. The summed E-state index contributed by atoms with van der Waals surface area (Å²) in [6, 6.07) is 13.6. The van der Waals surface area contributed by atoms with Gasteiger partial charge in [-0.15, -0.1) is 0 Å². The average molecular weight is 749 g/mol. The fraction of sp³-hybridized carbons (Fsp3) is 0.474. The van der Waals surface area contributed by atoms with Gasteiger partial charge in [-0.25, -0.2) is 9.78 Å². The zero-order valence-electron chi connectivity index (χ0n) is 31.0. The first kappa shape index (κ1) is 38.9. The van der Waals surface area contributed by atoms with E-state index in [0.29, 0.717) is 64.7 Å². The lowest BCUT2D eigenvalue weighted by molar-refractivity contribution is -0.111. The number of anilines is 6. The van der Waals surface area contributed by atoms with Gasteiger partial charge in [-0.1, -0.05) is 36.6 Å². The minimum atomic E-state index is -2.57. The van der Waals surface area contributed by atoms with E-state index in [1.165, 1.54) is 6.20 Å². The highest BCUT2D eigenvalue weighted by molar-refractivity contribution is 7.70.